The van der Waals surface area contributed by atoms with Crippen LogP contribution in [0.15, 0.2) is 17.5 Å². The second kappa shape index (κ2) is 6.47. The first-order valence-electron chi connectivity index (χ1n) is 6.26. The summed E-state index contributed by atoms with van der Waals surface area (Å²) < 4.78 is 1.76. The number of aryl methyl sites for hydroxylation is 2. The van der Waals surface area contributed by atoms with Crippen molar-refractivity contribution in [2.24, 2.45) is 12.0 Å². The number of hydrogen-bond donors (Lipinski definition) is 1. The van der Waals surface area contributed by atoms with Crippen LogP contribution in [0.4, 0.5) is 0 Å². The summed E-state index contributed by atoms with van der Waals surface area (Å²) in [4.78, 5) is 16.0. The highest BCUT2D eigenvalue weighted by Gasteiger charge is 2.10. The van der Waals surface area contributed by atoms with E-state index < -0.39 is 0 Å². The van der Waals surface area contributed by atoms with E-state index >= 15 is 0 Å². The van der Waals surface area contributed by atoms with Crippen LogP contribution in [0.3, 0.4) is 0 Å². The lowest BCUT2D eigenvalue weighted by Gasteiger charge is -2.21. The summed E-state index contributed by atoms with van der Waals surface area (Å²) in [5.41, 5.74) is 0. The molecule has 0 aliphatic heterocycles. The summed E-state index contributed by atoms with van der Waals surface area (Å²) in [7, 11) is 5.62. The van der Waals surface area contributed by atoms with Gasteiger partial charge in [0.25, 0.3) is 0 Å². The molecule has 0 aromatic carbocycles. The van der Waals surface area contributed by atoms with Crippen LogP contribution in [-0.4, -0.2) is 44.7 Å². The number of nitrogens with zero attached hydrogens (tertiary/aromatic N) is 6. The zero-order valence-corrected chi connectivity index (χ0v) is 13.0. The normalized spacial score (nSPS) is 11.7. The molecule has 0 unspecified atom stereocenters. The van der Waals surface area contributed by atoms with Crippen molar-refractivity contribution in [1.82, 2.24) is 30.0 Å². The van der Waals surface area contributed by atoms with Gasteiger partial charge in [0.2, 0.25) is 0 Å². The molecule has 0 amide bonds. The Labute approximate surface area is 122 Å². The summed E-state index contributed by atoms with van der Waals surface area (Å²) in [5, 5.41) is 8.41. The molecule has 0 spiro atoms. The minimum Gasteiger partial charge on any atom is -0.350 e. The fraction of sp³-hybridized carbons (Fsp3) is 0.500. The van der Waals surface area contributed by atoms with Crippen LogP contribution >= 0.6 is 11.3 Å². The fourth-order valence-corrected chi connectivity index (χ4v) is 2.50. The van der Waals surface area contributed by atoms with Gasteiger partial charge in [-0.1, -0.05) is 0 Å². The lowest BCUT2D eigenvalue weighted by atomic mass is 10.5. The molecule has 0 fully saturated rings. The molecule has 1 N–H and O–H groups in total. The van der Waals surface area contributed by atoms with Crippen LogP contribution in [0.2, 0.25) is 0 Å². The van der Waals surface area contributed by atoms with E-state index in [0.717, 1.165) is 16.8 Å². The Kier molecular flexibility index (Phi) is 4.67. The molecule has 2 heterocycles. The van der Waals surface area contributed by atoms with Crippen LogP contribution in [-0.2, 0) is 20.1 Å². The molecular formula is C12H19N7S. The number of nitrogens with one attached hydrogen (secondary N) is 1. The van der Waals surface area contributed by atoms with Crippen molar-refractivity contribution in [3.63, 3.8) is 0 Å². The molecule has 0 atom stereocenters. The molecule has 8 heteroatoms. The van der Waals surface area contributed by atoms with Crippen LogP contribution in [0, 0.1) is 6.92 Å². The van der Waals surface area contributed by atoms with Crippen molar-refractivity contribution in [2.75, 3.05) is 14.1 Å². The Bertz CT molecular complexity index is 586. The zero-order valence-electron chi connectivity index (χ0n) is 12.2. The van der Waals surface area contributed by atoms with E-state index in [9.17, 15) is 0 Å². The lowest BCUT2D eigenvalue weighted by Crippen LogP contribution is -2.38. The Hall–Kier alpha value is -1.96. The van der Waals surface area contributed by atoms with Crippen molar-refractivity contribution in [3.05, 3.63) is 28.2 Å². The van der Waals surface area contributed by atoms with Crippen molar-refractivity contribution in [1.29, 1.82) is 0 Å². The third kappa shape index (κ3) is 3.53. The third-order valence-corrected chi connectivity index (χ3v) is 3.74. The second-order valence-electron chi connectivity index (χ2n) is 4.42. The summed E-state index contributed by atoms with van der Waals surface area (Å²) in [5.74, 6) is 1.70. The maximum absolute atomic E-state index is 4.33. The Morgan fingerprint density at radius 3 is 2.85 bits per heavy atom. The topological polar surface area (TPSA) is 71.2 Å². The summed E-state index contributed by atoms with van der Waals surface area (Å²) in [6.45, 7) is 3.37. The van der Waals surface area contributed by atoms with Gasteiger partial charge in [-0.15, -0.1) is 11.3 Å². The molecule has 0 bridgehead atoms. The van der Waals surface area contributed by atoms with Gasteiger partial charge in [0.1, 0.15) is 17.2 Å². The highest BCUT2D eigenvalue weighted by atomic mass is 32.1. The molecule has 7 nitrogen and oxygen atoms in total. The van der Waals surface area contributed by atoms with Gasteiger partial charge in [-0.3, -0.25) is 9.67 Å². The van der Waals surface area contributed by atoms with Crippen LogP contribution in [0.5, 0.6) is 0 Å². The third-order valence-electron chi connectivity index (χ3n) is 2.82. The van der Waals surface area contributed by atoms with Crippen molar-refractivity contribution in [2.45, 2.75) is 20.0 Å². The SMILES string of the molecule is CN=C(NCc1ncc(C)s1)N(C)Cc1ncnn1C. The van der Waals surface area contributed by atoms with Crippen molar-refractivity contribution < 1.29 is 0 Å². The van der Waals surface area contributed by atoms with Gasteiger partial charge in [0, 0.05) is 32.2 Å². The lowest BCUT2D eigenvalue weighted by molar-refractivity contribution is 0.448. The van der Waals surface area contributed by atoms with E-state index in [1.54, 1.807) is 29.4 Å². The van der Waals surface area contributed by atoms with Gasteiger partial charge in [0.05, 0.1) is 13.1 Å². The average Bonchev–Trinajstić information content (AvgIpc) is 3.00. The van der Waals surface area contributed by atoms with Gasteiger partial charge in [-0.25, -0.2) is 9.97 Å². The number of aliphatic imine (C=N–C) groups is 1. The summed E-state index contributed by atoms with van der Waals surface area (Å²) in [6, 6.07) is 0. The van der Waals surface area contributed by atoms with E-state index in [4.69, 9.17) is 0 Å². The number of rotatable bonds is 4. The molecule has 0 aliphatic rings. The monoisotopic (exact) mass is 293 g/mol. The van der Waals surface area contributed by atoms with Crippen LogP contribution in [0.1, 0.15) is 15.7 Å². The number of thiazole rings is 1. The van der Waals surface area contributed by atoms with E-state index in [-0.39, 0.29) is 0 Å². The Morgan fingerprint density at radius 1 is 1.50 bits per heavy atom. The summed E-state index contributed by atoms with van der Waals surface area (Å²) >= 11 is 1.69. The van der Waals surface area contributed by atoms with E-state index in [0.29, 0.717) is 13.1 Å². The highest BCUT2D eigenvalue weighted by molar-refractivity contribution is 7.11. The number of aromatic nitrogens is 4. The minimum absolute atomic E-state index is 0.646. The van der Waals surface area contributed by atoms with Crippen molar-refractivity contribution >= 4 is 17.3 Å². The fourth-order valence-electron chi connectivity index (χ4n) is 1.77. The van der Waals surface area contributed by atoms with E-state index in [2.05, 4.69) is 32.3 Å². The second-order valence-corrected chi connectivity index (χ2v) is 5.74. The Balaban J connectivity index is 1.93. The molecule has 2 aromatic heterocycles. The first kappa shape index (κ1) is 14.4. The molecule has 0 aliphatic carbocycles. The number of guanidine groups is 1. The van der Waals surface area contributed by atoms with Gasteiger partial charge in [0.15, 0.2) is 5.96 Å². The minimum atomic E-state index is 0.646. The smallest absolute Gasteiger partial charge is 0.194 e. The molecule has 2 rings (SSSR count). The average molecular weight is 293 g/mol. The predicted molar refractivity (Wildman–Crippen MR) is 79.5 cm³/mol. The Morgan fingerprint density at radius 2 is 2.30 bits per heavy atom. The van der Waals surface area contributed by atoms with Crippen LogP contribution in [0.25, 0.3) is 0 Å². The van der Waals surface area contributed by atoms with Gasteiger partial charge in [-0.2, -0.15) is 5.10 Å². The standard InChI is InChI=1S/C12H19N7S/c1-9-5-14-11(20-9)6-15-12(13-2)18(3)7-10-16-8-17-19(10)4/h5,8H,6-7H2,1-4H3,(H,13,15). The van der Waals surface area contributed by atoms with Gasteiger partial charge < -0.3 is 10.2 Å². The summed E-state index contributed by atoms with van der Waals surface area (Å²) in [6.07, 6.45) is 3.44. The predicted octanol–water partition coefficient (Wildman–Crippen LogP) is 0.787. The molecule has 0 saturated heterocycles. The molecular weight excluding hydrogens is 274 g/mol. The van der Waals surface area contributed by atoms with Gasteiger partial charge in [-0.05, 0) is 6.92 Å². The van der Waals surface area contributed by atoms with Gasteiger partial charge >= 0.3 is 0 Å². The first-order valence-corrected chi connectivity index (χ1v) is 7.07. The maximum atomic E-state index is 4.33. The molecule has 0 radical (unpaired) electrons. The highest BCUT2D eigenvalue weighted by Crippen LogP contribution is 2.10. The quantitative estimate of drug-likeness (QED) is 0.666. The molecule has 0 saturated carbocycles. The van der Waals surface area contributed by atoms with E-state index in [1.165, 1.54) is 4.88 Å². The maximum Gasteiger partial charge on any atom is 0.194 e. The molecule has 2 aromatic rings. The van der Waals surface area contributed by atoms with Crippen molar-refractivity contribution in [3.8, 4) is 0 Å². The largest absolute Gasteiger partial charge is 0.350 e. The molecule has 20 heavy (non-hydrogen) atoms. The molecule has 108 valence electrons. The first-order chi connectivity index (χ1) is 9.60. The number of hydrogen-bond acceptors (Lipinski definition) is 5. The zero-order chi connectivity index (χ0) is 14.5. The van der Waals surface area contributed by atoms with E-state index in [1.807, 2.05) is 25.2 Å². The van der Waals surface area contributed by atoms with Crippen LogP contribution < -0.4 is 5.32 Å².